The largest absolute Gasteiger partial charge is 0.493 e. The second kappa shape index (κ2) is 11.8. The van der Waals surface area contributed by atoms with Gasteiger partial charge >= 0.3 is 12.6 Å². The van der Waals surface area contributed by atoms with E-state index in [9.17, 15) is 26.2 Å². The molecule has 40 heavy (non-hydrogen) atoms. The molecule has 0 fully saturated rings. The number of carboxylic acid groups (broad SMARTS) is 1. The highest BCUT2D eigenvalue weighted by Crippen LogP contribution is 2.33. The number of benzene rings is 2. The van der Waals surface area contributed by atoms with Crippen molar-refractivity contribution in [2.24, 2.45) is 0 Å². The van der Waals surface area contributed by atoms with Crippen LogP contribution in [0.4, 0.5) is 8.78 Å². The molecule has 4 aromatic rings. The lowest BCUT2D eigenvalue weighted by molar-refractivity contribution is -0.139. The van der Waals surface area contributed by atoms with Crippen LogP contribution in [0.25, 0.3) is 11.0 Å². The third-order valence-electron chi connectivity index (χ3n) is 5.34. The minimum atomic E-state index is -4.54. The van der Waals surface area contributed by atoms with Crippen molar-refractivity contribution < 1.29 is 50.3 Å². The number of pyridine rings is 1. The molecule has 0 saturated heterocycles. The lowest BCUT2D eigenvalue weighted by atomic mass is 10.3. The van der Waals surface area contributed by atoms with Crippen molar-refractivity contribution in [2.75, 3.05) is 20.8 Å². The minimum Gasteiger partial charge on any atom is -0.493 e. The number of alkyl halides is 2. The molecule has 0 amide bonds. The number of ether oxygens (including phenoxy) is 4. The first-order valence-electron chi connectivity index (χ1n) is 11.2. The molecule has 2 aromatic heterocycles. The molecule has 16 heteroatoms. The van der Waals surface area contributed by atoms with E-state index >= 15 is 0 Å². The van der Waals surface area contributed by atoms with Gasteiger partial charge in [-0.2, -0.15) is 8.78 Å². The summed E-state index contributed by atoms with van der Waals surface area (Å²) in [6, 6.07) is 9.78. The summed E-state index contributed by atoms with van der Waals surface area (Å²) in [6.07, 6.45) is 1.40. The van der Waals surface area contributed by atoms with Crippen LogP contribution >= 0.6 is 0 Å². The smallest absolute Gasteiger partial charge is 0.387 e. The molecule has 2 heterocycles. The highest BCUT2D eigenvalue weighted by Gasteiger charge is 2.29. The molecular weight excluding hydrogens is 576 g/mol. The van der Waals surface area contributed by atoms with Crippen molar-refractivity contribution >= 4 is 37.8 Å². The zero-order valence-corrected chi connectivity index (χ0v) is 22.4. The molecule has 0 spiro atoms. The summed E-state index contributed by atoms with van der Waals surface area (Å²) < 4.78 is 87.8. The first-order chi connectivity index (χ1) is 19.0. The van der Waals surface area contributed by atoms with Crippen LogP contribution in [-0.4, -0.2) is 65.1 Å². The molecule has 0 aliphatic rings. The van der Waals surface area contributed by atoms with E-state index in [2.05, 4.69) is 14.7 Å². The Morgan fingerprint density at radius 3 is 2.40 bits per heavy atom. The Labute approximate surface area is 228 Å². The number of halogens is 2. The van der Waals surface area contributed by atoms with Crippen LogP contribution in [0.15, 0.2) is 64.8 Å². The van der Waals surface area contributed by atoms with Gasteiger partial charge in [0.1, 0.15) is 11.5 Å². The first-order valence-corrected chi connectivity index (χ1v) is 13.9. The lowest BCUT2D eigenvalue weighted by Crippen LogP contribution is -2.18. The third kappa shape index (κ3) is 5.96. The number of carboxylic acids is 1. The predicted octanol–water partition coefficient (Wildman–Crippen LogP) is 3.06. The number of hydrogen-bond donors (Lipinski definition) is 1. The molecule has 4 rings (SSSR count). The Kier molecular flexibility index (Phi) is 8.49. The van der Waals surface area contributed by atoms with Gasteiger partial charge in [0, 0.05) is 18.3 Å². The van der Waals surface area contributed by atoms with E-state index in [1.165, 1.54) is 50.7 Å². The summed E-state index contributed by atoms with van der Waals surface area (Å²) in [5.41, 5.74) is 0.0663. The summed E-state index contributed by atoms with van der Waals surface area (Å²) in [7, 11) is -3.93. The molecule has 0 aliphatic carbocycles. The van der Waals surface area contributed by atoms with Crippen LogP contribution in [0.5, 0.6) is 23.0 Å². The maximum absolute atomic E-state index is 13.8. The van der Waals surface area contributed by atoms with Crippen molar-refractivity contribution in [2.45, 2.75) is 22.4 Å². The van der Waals surface area contributed by atoms with Gasteiger partial charge in [0.15, 0.2) is 18.1 Å². The number of imidazole rings is 1. The first kappa shape index (κ1) is 28.7. The Morgan fingerprint density at radius 2 is 1.77 bits per heavy atom. The Hall–Kier alpha value is -4.31. The minimum absolute atomic E-state index is 0.0421. The summed E-state index contributed by atoms with van der Waals surface area (Å²) in [4.78, 5) is 18.9. The van der Waals surface area contributed by atoms with E-state index in [1.807, 2.05) is 0 Å². The van der Waals surface area contributed by atoms with Gasteiger partial charge in [-0.25, -0.2) is 22.2 Å². The van der Waals surface area contributed by atoms with E-state index in [-0.39, 0.29) is 44.6 Å². The fourth-order valence-corrected chi connectivity index (χ4v) is 6.62. The van der Waals surface area contributed by atoms with Gasteiger partial charge in [-0.3, -0.25) is 9.19 Å². The van der Waals surface area contributed by atoms with E-state index in [4.69, 9.17) is 19.3 Å². The molecule has 2 aromatic carbocycles. The molecule has 12 nitrogen and oxygen atoms in total. The lowest BCUT2D eigenvalue weighted by Gasteiger charge is -2.13. The topological polar surface area (TPSA) is 156 Å². The van der Waals surface area contributed by atoms with Crippen molar-refractivity contribution in [1.82, 2.24) is 13.9 Å². The number of rotatable bonds is 12. The van der Waals surface area contributed by atoms with Crippen molar-refractivity contribution in [3.63, 3.8) is 0 Å². The number of nitrogens with zero attached hydrogens (tertiary/aromatic N) is 3. The fraction of sp³-hybridized carbons (Fsp3) is 0.208. The van der Waals surface area contributed by atoms with Gasteiger partial charge in [0.25, 0.3) is 10.0 Å². The maximum Gasteiger partial charge on any atom is 0.387 e. The average molecular weight is 598 g/mol. The standard InChI is InChI=1S/C24H21F2N3O9S2/c1-35-20-9-10-27-18(22(20)36-2)13-39(32)24-28-17-8-5-15(38-23(25)26)11-19(17)29(24)40(33,34)16-6-3-14(4-7-16)37-12-21(30)31/h3-11,23H,12-13H2,1-2H3,(H,30,31). The quantitative estimate of drug-likeness (QED) is 0.256. The van der Waals surface area contributed by atoms with Crippen molar-refractivity contribution in [3.05, 3.63) is 60.4 Å². The van der Waals surface area contributed by atoms with E-state index in [0.29, 0.717) is 9.72 Å². The SMILES string of the molecule is COc1ccnc(CS(=O)c2nc3ccc(OC(F)F)cc3n2S(=O)(=O)c2ccc(OCC(=O)O)cc2)c1OC. The molecule has 1 atom stereocenters. The molecule has 0 radical (unpaired) electrons. The Balaban J connectivity index is 1.84. The van der Waals surface area contributed by atoms with Crippen LogP contribution in [0, 0.1) is 0 Å². The molecule has 0 bridgehead atoms. The zero-order chi connectivity index (χ0) is 29.0. The second-order valence-corrected chi connectivity index (χ2v) is 11.0. The van der Waals surface area contributed by atoms with Crippen LogP contribution in [0.1, 0.15) is 5.69 Å². The summed E-state index contributed by atoms with van der Waals surface area (Å²) in [6.45, 7) is -3.82. The highest BCUT2D eigenvalue weighted by atomic mass is 32.2. The fourth-order valence-electron chi connectivity index (χ4n) is 3.66. The van der Waals surface area contributed by atoms with Crippen LogP contribution in [0.3, 0.4) is 0 Å². The van der Waals surface area contributed by atoms with Gasteiger partial charge in [-0.05, 0) is 36.4 Å². The summed E-state index contributed by atoms with van der Waals surface area (Å²) >= 11 is 0. The monoisotopic (exact) mass is 597 g/mol. The van der Waals surface area contributed by atoms with Crippen LogP contribution in [0.2, 0.25) is 0 Å². The van der Waals surface area contributed by atoms with Gasteiger partial charge in [0.2, 0.25) is 5.16 Å². The number of fused-ring (bicyclic) bond motifs is 1. The molecular formula is C24H21F2N3O9S2. The predicted molar refractivity (Wildman–Crippen MR) is 136 cm³/mol. The molecule has 0 saturated carbocycles. The van der Waals surface area contributed by atoms with Crippen LogP contribution < -0.4 is 18.9 Å². The second-order valence-electron chi connectivity index (χ2n) is 7.83. The molecule has 0 aliphatic heterocycles. The maximum atomic E-state index is 13.8. The van der Waals surface area contributed by atoms with Gasteiger partial charge in [0.05, 0.1) is 52.4 Å². The van der Waals surface area contributed by atoms with E-state index in [1.54, 1.807) is 0 Å². The number of aromatic nitrogens is 3. The Bertz CT molecular complexity index is 1680. The van der Waals surface area contributed by atoms with Gasteiger partial charge < -0.3 is 24.1 Å². The van der Waals surface area contributed by atoms with E-state index < -0.39 is 45.2 Å². The molecule has 1 unspecified atom stereocenters. The van der Waals surface area contributed by atoms with Gasteiger partial charge in [-0.1, -0.05) is 0 Å². The van der Waals surface area contributed by atoms with Crippen molar-refractivity contribution in [1.29, 1.82) is 0 Å². The van der Waals surface area contributed by atoms with Crippen LogP contribution in [-0.2, 0) is 31.4 Å². The number of methoxy groups -OCH3 is 2. The normalized spacial score (nSPS) is 12.3. The number of carbonyl (C=O) groups is 1. The molecule has 212 valence electrons. The summed E-state index contributed by atoms with van der Waals surface area (Å²) in [5.74, 6) is -1.31. The van der Waals surface area contributed by atoms with E-state index in [0.717, 1.165) is 18.2 Å². The number of hydrogen-bond acceptors (Lipinski definition) is 10. The Morgan fingerprint density at radius 1 is 1.07 bits per heavy atom. The molecule has 1 N–H and O–H groups in total. The third-order valence-corrected chi connectivity index (χ3v) is 8.39. The zero-order valence-electron chi connectivity index (χ0n) is 20.8. The average Bonchev–Trinajstić information content (AvgIpc) is 3.31. The summed E-state index contributed by atoms with van der Waals surface area (Å²) in [5, 5.41) is 8.36. The highest BCUT2D eigenvalue weighted by molar-refractivity contribution is 7.91. The van der Waals surface area contributed by atoms with Crippen molar-refractivity contribution in [3.8, 4) is 23.0 Å². The number of aliphatic carboxylic acids is 1. The van der Waals surface area contributed by atoms with Gasteiger partial charge in [-0.15, -0.1) is 0 Å².